The first-order valence-corrected chi connectivity index (χ1v) is 10.3. The number of benzene rings is 2. The molecule has 0 unspecified atom stereocenters. The SMILES string of the molecule is CCCCCN(Cc1cccn1Cc1ccc(F)cc1)C(=O)Nc1ccccc1F. The predicted molar refractivity (Wildman–Crippen MR) is 115 cm³/mol. The molecule has 158 valence electrons. The number of nitrogens with zero attached hydrogens (tertiary/aromatic N) is 2. The molecule has 0 spiro atoms. The molecule has 0 atom stereocenters. The van der Waals surface area contributed by atoms with Gasteiger partial charge in [0.2, 0.25) is 0 Å². The summed E-state index contributed by atoms with van der Waals surface area (Å²) >= 11 is 0. The molecule has 2 amide bonds. The fourth-order valence-corrected chi connectivity index (χ4v) is 3.29. The minimum Gasteiger partial charge on any atom is -0.345 e. The molecule has 0 saturated carbocycles. The van der Waals surface area contributed by atoms with E-state index in [0.717, 1.165) is 30.5 Å². The molecule has 1 aromatic heterocycles. The van der Waals surface area contributed by atoms with Crippen molar-refractivity contribution >= 4 is 11.7 Å². The summed E-state index contributed by atoms with van der Waals surface area (Å²) in [5.74, 6) is -0.725. The lowest BCUT2D eigenvalue weighted by Gasteiger charge is -2.24. The van der Waals surface area contributed by atoms with Crippen LogP contribution in [0.2, 0.25) is 0 Å². The molecule has 0 aliphatic carbocycles. The number of halogens is 2. The van der Waals surface area contributed by atoms with Crippen LogP contribution < -0.4 is 5.32 Å². The number of amides is 2. The van der Waals surface area contributed by atoms with Gasteiger partial charge in [0.1, 0.15) is 11.6 Å². The smallest absolute Gasteiger partial charge is 0.322 e. The van der Waals surface area contributed by atoms with Gasteiger partial charge < -0.3 is 14.8 Å². The summed E-state index contributed by atoms with van der Waals surface area (Å²) in [6.45, 7) is 3.67. The zero-order valence-corrected chi connectivity index (χ0v) is 17.2. The van der Waals surface area contributed by atoms with Crippen molar-refractivity contribution in [1.29, 1.82) is 0 Å². The maximum absolute atomic E-state index is 14.0. The third kappa shape index (κ3) is 5.92. The largest absolute Gasteiger partial charge is 0.345 e. The number of aromatic nitrogens is 1. The van der Waals surface area contributed by atoms with E-state index in [2.05, 4.69) is 12.2 Å². The summed E-state index contributed by atoms with van der Waals surface area (Å²) in [5, 5.41) is 2.69. The van der Waals surface area contributed by atoms with Gasteiger partial charge in [-0.15, -0.1) is 0 Å². The monoisotopic (exact) mass is 411 g/mol. The Bertz CT molecular complexity index is 953. The molecule has 3 rings (SSSR count). The maximum Gasteiger partial charge on any atom is 0.322 e. The Morgan fingerprint density at radius 2 is 1.77 bits per heavy atom. The lowest BCUT2D eigenvalue weighted by atomic mass is 10.2. The summed E-state index contributed by atoms with van der Waals surface area (Å²) in [6, 6.07) is 16.1. The fourth-order valence-electron chi connectivity index (χ4n) is 3.29. The third-order valence-electron chi connectivity index (χ3n) is 4.98. The van der Waals surface area contributed by atoms with Crippen LogP contribution in [0.15, 0.2) is 66.9 Å². The lowest BCUT2D eigenvalue weighted by molar-refractivity contribution is 0.206. The van der Waals surface area contributed by atoms with Crippen molar-refractivity contribution in [3.63, 3.8) is 0 Å². The molecule has 0 radical (unpaired) electrons. The van der Waals surface area contributed by atoms with E-state index in [1.165, 1.54) is 18.2 Å². The number of hydrogen-bond donors (Lipinski definition) is 1. The predicted octanol–water partition coefficient (Wildman–Crippen LogP) is 6.04. The highest BCUT2D eigenvalue weighted by Gasteiger charge is 2.17. The molecular weight excluding hydrogens is 384 g/mol. The molecule has 6 heteroatoms. The van der Waals surface area contributed by atoms with Gasteiger partial charge in [0.15, 0.2) is 0 Å². The Hall–Kier alpha value is -3.15. The standard InChI is InChI=1S/C24H27F2N3O/c1-2-3-6-15-29(24(30)27-23-10-5-4-9-22(23)26)18-21-8-7-16-28(21)17-19-11-13-20(25)14-12-19/h4-5,7-14,16H,2-3,6,15,17-18H2,1H3,(H,27,30). The molecule has 2 aromatic carbocycles. The first-order chi connectivity index (χ1) is 14.6. The van der Waals surface area contributed by atoms with E-state index in [1.54, 1.807) is 35.2 Å². The topological polar surface area (TPSA) is 37.3 Å². The number of hydrogen-bond acceptors (Lipinski definition) is 1. The number of rotatable bonds is 9. The molecule has 3 aromatic rings. The molecule has 1 N–H and O–H groups in total. The average Bonchev–Trinajstić information content (AvgIpc) is 3.17. The molecule has 0 bridgehead atoms. The summed E-state index contributed by atoms with van der Waals surface area (Å²) in [7, 11) is 0. The zero-order valence-electron chi connectivity index (χ0n) is 17.2. The molecule has 0 saturated heterocycles. The maximum atomic E-state index is 14.0. The van der Waals surface area contributed by atoms with Crippen LogP contribution in [0.25, 0.3) is 0 Å². The van der Waals surface area contributed by atoms with E-state index in [1.807, 2.05) is 22.9 Å². The van der Waals surface area contributed by atoms with Crippen molar-refractivity contribution in [3.8, 4) is 0 Å². The van der Waals surface area contributed by atoms with Crippen LogP contribution in [0.5, 0.6) is 0 Å². The Morgan fingerprint density at radius 3 is 2.50 bits per heavy atom. The number of para-hydroxylation sites is 1. The van der Waals surface area contributed by atoms with E-state index >= 15 is 0 Å². The van der Waals surface area contributed by atoms with Gasteiger partial charge >= 0.3 is 6.03 Å². The van der Waals surface area contributed by atoms with Gasteiger partial charge in [-0.1, -0.05) is 44.0 Å². The van der Waals surface area contributed by atoms with Gasteiger partial charge in [0.25, 0.3) is 0 Å². The van der Waals surface area contributed by atoms with Gasteiger partial charge in [-0.05, 0) is 48.4 Å². The Kier molecular flexibility index (Phi) is 7.60. The second kappa shape index (κ2) is 10.6. The van der Waals surface area contributed by atoms with Crippen LogP contribution >= 0.6 is 0 Å². The summed E-state index contributed by atoms with van der Waals surface area (Å²) in [6.07, 6.45) is 4.88. The highest BCUT2D eigenvalue weighted by atomic mass is 19.1. The van der Waals surface area contributed by atoms with Gasteiger partial charge in [-0.3, -0.25) is 0 Å². The van der Waals surface area contributed by atoms with Crippen molar-refractivity contribution in [2.75, 3.05) is 11.9 Å². The lowest BCUT2D eigenvalue weighted by Crippen LogP contribution is -2.36. The highest BCUT2D eigenvalue weighted by Crippen LogP contribution is 2.16. The van der Waals surface area contributed by atoms with Gasteiger partial charge in [0.05, 0.1) is 12.2 Å². The molecule has 4 nitrogen and oxygen atoms in total. The van der Waals surface area contributed by atoms with Crippen molar-refractivity contribution in [3.05, 3.63) is 89.8 Å². The first kappa shape index (κ1) is 21.6. The zero-order chi connectivity index (χ0) is 21.3. The minimum atomic E-state index is -0.459. The molecular formula is C24H27F2N3O. The molecule has 0 fully saturated rings. The van der Waals surface area contributed by atoms with E-state index in [9.17, 15) is 13.6 Å². The summed E-state index contributed by atoms with van der Waals surface area (Å²) in [4.78, 5) is 14.6. The molecule has 30 heavy (non-hydrogen) atoms. The fraction of sp³-hybridized carbons (Fsp3) is 0.292. The van der Waals surface area contributed by atoms with Crippen LogP contribution in [-0.2, 0) is 13.1 Å². The van der Waals surface area contributed by atoms with E-state index in [-0.39, 0.29) is 17.5 Å². The third-order valence-corrected chi connectivity index (χ3v) is 4.98. The molecule has 0 aliphatic rings. The summed E-state index contributed by atoms with van der Waals surface area (Å²) < 4.78 is 29.2. The first-order valence-electron chi connectivity index (χ1n) is 10.3. The van der Waals surface area contributed by atoms with Crippen molar-refractivity contribution in [2.24, 2.45) is 0 Å². The average molecular weight is 411 g/mol. The number of unbranched alkanes of at least 4 members (excludes halogenated alkanes) is 2. The van der Waals surface area contributed by atoms with Gasteiger partial charge in [-0.25, -0.2) is 13.6 Å². The number of anilines is 1. The second-order valence-electron chi connectivity index (χ2n) is 7.29. The number of urea groups is 1. The van der Waals surface area contributed by atoms with E-state index in [4.69, 9.17) is 0 Å². The Balaban J connectivity index is 1.73. The van der Waals surface area contributed by atoms with Gasteiger partial charge in [0, 0.05) is 25.0 Å². The minimum absolute atomic E-state index is 0.171. The van der Waals surface area contributed by atoms with Crippen LogP contribution in [-0.4, -0.2) is 22.0 Å². The van der Waals surface area contributed by atoms with Crippen LogP contribution in [0, 0.1) is 11.6 Å². The van der Waals surface area contributed by atoms with E-state index < -0.39 is 5.82 Å². The molecule has 0 aliphatic heterocycles. The van der Waals surface area contributed by atoms with Crippen molar-refractivity contribution < 1.29 is 13.6 Å². The highest BCUT2D eigenvalue weighted by molar-refractivity contribution is 5.89. The second-order valence-corrected chi connectivity index (χ2v) is 7.29. The number of carbonyl (C=O) groups excluding carboxylic acids is 1. The normalized spacial score (nSPS) is 10.8. The number of nitrogens with one attached hydrogen (secondary N) is 1. The number of carbonyl (C=O) groups is 1. The Morgan fingerprint density at radius 1 is 1.00 bits per heavy atom. The van der Waals surface area contributed by atoms with Gasteiger partial charge in [-0.2, -0.15) is 0 Å². The van der Waals surface area contributed by atoms with E-state index in [0.29, 0.717) is 19.6 Å². The quantitative estimate of drug-likeness (QED) is 0.428. The van der Waals surface area contributed by atoms with Crippen molar-refractivity contribution in [2.45, 2.75) is 39.3 Å². The van der Waals surface area contributed by atoms with Crippen molar-refractivity contribution in [1.82, 2.24) is 9.47 Å². The van der Waals surface area contributed by atoms with Crippen LogP contribution in [0.3, 0.4) is 0 Å². The molecule has 1 heterocycles. The van der Waals surface area contributed by atoms with Crippen LogP contribution in [0.4, 0.5) is 19.3 Å². The summed E-state index contributed by atoms with van der Waals surface area (Å²) in [5.41, 5.74) is 2.10. The Labute approximate surface area is 176 Å². The van der Waals surface area contributed by atoms with Crippen LogP contribution in [0.1, 0.15) is 37.4 Å².